The van der Waals surface area contributed by atoms with Gasteiger partial charge < -0.3 is 4.42 Å². The van der Waals surface area contributed by atoms with Crippen LogP contribution in [0.4, 0.5) is 0 Å². The highest BCUT2D eigenvalue weighted by Gasteiger charge is 2.28. The largest absolute Gasteiger partial charge is 0.460 e. The molecule has 0 bridgehead atoms. The summed E-state index contributed by atoms with van der Waals surface area (Å²) in [6.45, 7) is 0. The van der Waals surface area contributed by atoms with Gasteiger partial charge in [-0.25, -0.2) is 0 Å². The van der Waals surface area contributed by atoms with Gasteiger partial charge >= 0.3 is 0 Å². The van der Waals surface area contributed by atoms with E-state index in [2.05, 4.69) is 62.5 Å². The van der Waals surface area contributed by atoms with Gasteiger partial charge in [0, 0.05) is 22.8 Å². The quantitative estimate of drug-likeness (QED) is 0.636. The molecular formula is C16H13BO. The summed E-state index contributed by atoms with van der Waals surface area (Å²) in [6.07, 6.45) is 13.2. The number of benzene rings is 1. The van der Waals surface area contributed by atoms with Crippen LogP contribution in [-0.4, -0.2) is 7.85 Å². The first-order valence-corrected chi connectivity index (χ1v) is 6.39. The Morgan fingerprint density at radius 2 is 1.94 bits per heavy atom. The summed E-state index contributed by atoms with van der Waals surface area (Å²) >= 11 is 0. The van der Waals surface area contributed by atoms with E-state index in [4.69, 9.17) is 4.42 Å². The maximum atomic E-state index is 6.08. The van der Waals surface area contributed by atoms with Gasteiger partial charge in [-0.15, -0.1) is 0 Å². The van der Waals surface area contributed by atoms with Gasteiger partial charge in [0.05, 0.1) is 0 Å². The van der Waals surface area contributed by atoms with E-state index < -0.39 is 0 Å². The molecule has 1 aromatic carbocycles. The van der Waals surface area contributed by atoms with Gasteiger partial charge in [0.25, 0.3) is 0 Å². The molecule has 2 unspecified atom stereocenters. The molecular weight excluding hydrogens is 219 g/mol. The Labute approximate surface area is 107 Å². The standard InChI is InChI=1S/C16H13BO/c17-11-6-8-15-14(9-11)13-7-5-10-3-1-2-4-12(10)16(13)18-15/h1-10,12H,17H2. The zero-order valence-corrected chi connectivity index (χ0v) is 10.3. The average Bonchev–Trinajstić information content (AvgIpc) is 2.77. The molecule has 2 aliphatic carbocycles. The third-order valence-electron chi connectivity index (χ3n) is 3.88. The smallest absolute Gasteiger partial charge is 0.139 e. The van der Waals surface area contributed by atoms with Crippen LogP contribution < -0.4 is 5.46 Å². The van der Waals surface area contributed by atoms with Gasteiger partial charge in [0.15, 0.2) is 0 Å². The van der Waals surface area contributed by atoms with E-state index in [9.17, 15) is 0 Å². The predicted molar refractivity (Wildman–Crippen MR) is 77.9 cm³/mol. The number of allylic oxidation sites excluding steroid dienone is 5. The average molecular weight is 232 g/mol. The Bertz CT molecular complexity index is 718. The van der Waals surface area contributed by atoms with Crippen LogP contribution in [0.3, 0.4) is 0 Å². The molecule has 2 aliphatic rings. The molecule has 0 aliphatic heterocycles. The highest BCUT2D eigenvalue weighted by molar-refractivity contribution is 6.33. The molecule has 2 atom stereocenters. The van der Waals surface area contributed by atoms with Crippen LogP contribution in [0.2, 0.25) is 0 Å². The lowest BCUT2D eigenvalue weighted by Gasteiger charge is -2.23. The van der Waals surface area contributed by atoms with Gasteiger partial charge in [-0.1, -0.05) is 54.1 Å². The van der Waals surface area contributed by atoms with Crippen molar-refractivity contribution < 1.29 is 4.42 Å². The van der Waals surface area contributed by atoms with Gasteiger partial charge in [-0.05, 0) is 6.07 Å². The first-order valence-electron chi connectivity index (χ1n) is 6.39. The predicted octanol–water partition coefficient (Wildman–Crippen LogP) is 2.54. The van der Waals surface area contributed by atoms with E-state index in [1.165, 1.54) is 16.4 Å². The molecule has 0 amide bonds. The number of hydrogen-bond donors (Lipinski definition) is 0. The second-order valence-electron chi connectivity index (χ2n) is 5.11. The molecule has 0 fully saturated rings. The monoisotopic (exact) mass is 232 g/mol. The molecule has 1 nitrogen and oxygen atoms in total. The summed E-state index contributed by atoms with van der Waals surface area (Å²) in [5.41, 5.74) is 3.54. The van der Waals surface area contributed by atoms with E-state index in [0.29, 0.717) is 11.8 Å². The molecule has 0 saturated carbocycles. The van der Waals surface area contributed by atoms with Crippen LogP contribution in [0, 0.1) is 5.92 Å². The molecule has 1 heterocycles. The second-order valence-corrected chi connectivity index (χ2v) is 5.11. The van der Waals surface area contributed by atoms with Crippen molar-refractivity contribution in [2.45, 2.75) is 5.92 Å². The minimum absolute atomic E-state index is 0.364. The number of rotatable bonds is 0. The van der Waals surface area contributed by atoms with E-state index in [1.54, 1.807) is 0 Å². The van der Waals surface area contributed by atoms with E-state index in [-0.39, 0.29) is 0 Å². The summed E-state index contributed by atoms with van der Waals surface area (Å²) in [7, 11) is 2.12. The summed E-state index contributed by atoms with van der Waals surface area (Å²) < 4.78 is 6.08. The lowest BCUT2D eigenvalue weighted by atomic mass is 9.80. The van der Waals surface area contributed by atoms with Crippen LogP contribution in [0.15, 0.2) is 53.0 Å². The Balaban J connectivity index is 2.00. The summed E-state index contributed by atoms with van der Waals surface area (Å²) in [5.74, 6) is 1.93. The lowest BCUT2D eigenvalue weighted by Crippen LogP contribution is -2.11. The fourth-order valence-electron chi connectivity index (χ4n) is 2.95. The van der Waals surface area contributed by atoms with E-state index >= 15 is 0 Å². The number of hydrogen-bond acceptors (Lipinski definition) is 1. The maximum Gasteiger partial charge on any atom is 0.139 e. The lowest BCUT2D eigenvalue weighted by molar-refractivity contribution is 0.492. The fourth-order valence-corrected chi connectivity index (χ4v) is 2.95. The normalized spacial score (nSPS) is 24.2. The zero-order chi connectivity index (χ0) is 12.1. The Morgan fingerprint density at radius 1 is 1.06 bits per heavy atom. The van der Waals surface area contributed by atoms with Crippen molar-refractivity contribution in [3.05, 3.63) is 59.9 Å². The van der Waals surface area contributed by atoms with Gasteiger partial charge in [0.1, 0.15) is 19.2 Å². The third kappa shape index (κ3) is 1.29. The Kier molecular flexibility index (Phi) is 1.96. The van der Waals surface area contributed by atoms with E-state index in [0.717, 1.165) is 11.3 Å². The number of furan rings is 1. The second kappa shape index (κ2) is 3.52. The van der Waals surface area contributed by atoms with Crippen molar-refractivity contribution >= 4 is 30.4 Å². The summed E-state index contributed by atoms with van der Waals surface area (Å²) in [6, 6.07) is 6.40. The van der Waals surface area contributed by atoms with Gasteiger partial charge in [-0.2, -0.15) is 0 Å². The molecule has 1 aromatic heterocycles. The van der Waals surface area contributed by atoms with Crippen molar-refractivity contribution in [3.8, 4) is 0 Å². The van der Waals surface area contributed by atoms with E-state index in [1.807, 2.05) is 0 Å². The third-order valence-corrected chi connectivity index (χ3v) is 3.88. The first kappa shape index (κ1) is 10.0. The molecule has 0 N–H and O–H groups in total. The molecule has 18 heavy (non-hydrogen) atoms. The van der Waals surface area contributed by atoms with Crippen molar-refractivity contribution in [2.75, 3.05) is 0 Å². The SMILES string of the molecule is Bc1ccc2oc3c(c2c1)C=CC1C=CC=CC31. The minimum Gasteiger partial charge on any atom is -0.460 e. The van der Waals surface area contributed by atoms with Crippen molar-refractivity contribution in [3.63, 3.8) is 0 Å². The Morgan fingerprint density at radius 3 is 2.89 bits per heavy atom. The number of fused-ring (bicyclic) bond motifs is 5. The van der Waals surface area contributed by atoms with Crippen molar-refractivity contribution in [1.29, 1.82) is 0 Å². The van der Waals surface area contributed by atoms with Gasteiger partial charge in [-0.3, -0.25) is 0 Å². The molecule has 2 aromatic rings. The van der Waals surface area contributed by atoms with Crippen LogP contribution in [0.5, 0.6) is 0 Å². The van der Waals surface area contributed by atoms with Crippen LogP contribution in [-0.2, 0) is 0 Å². The zero-order valence-electron chi connectivity index (χ0n) is 10.3. The summed E-state index contributed by atoms with van der Waals surface area (Å²) in [4.78, 5) is 0. The maximum absolute atomic E-state index is 6.08. The topological polar surface area (TPSA) is 13.1 Å². The Hall–Kier alpha value is -1.96. The minimum atomic E-state index is 0.364. The molecule has 0 saturated heterocycles. The molecule has 2 heteroatoms. The highest BCUT2D eigenvalue weighted by atomic mass is 16.3. The van der Waals surface area contributed by atoms with Crippen LogP contribution in [0.25, 0.3) is 17.0 Å². The first-order chi connectivity index (χ1) is 8.83. The van der Waals surface area contributed by atoms with Crippen LogP contribution >= 0.6 is 0 Å². The molecule has 0 spiro atoms. The molecule has 0 radical (unpaired) electrons. The molecule has 86 valence electrons. The van der Waals surface area contributed by atoms with Crippen molar-refractivity contribution in [1.82, 2.24) is 0 Å². The highest BCUT2D eigenvalue weighted by Crippen LogP contribution is 2.42. The van der Waals surface area contributed by atoms with Gasteiger partial charge in [0.2, 0.25) is 0 Å². The molecule has 4 rings (SSSR count). The fraction of sp³-hybridized carbons (Fsp3) is 0.125. The van der Waals surface area contributed by atoms with Crippen molar-refractivity contribution in [2.24, 2.45) is 5.92 Å². The summed E-state index contributed by atoms with van der Waals surface area (Å²) in [5, 5.41) is 1.24. The van der Waals surface area contributed by atoms with Crippen LogP contribution in [0.1, 0.15) is 17.2 Å².